The van der Waals surface area contributed by atoms with Crippen molar-refractivity contribution in [3.05, 3.63) is 35.7 Å². The third-order valence-corrected chi connectivity index (χ3v) is 5.55. The van der Waals surface area contributed by atoms with Crippen LogP contribution >= 0.6 is 0 Å². The van der Waals surface area contributed by atoms with E-state index in [4.69, 9.17) is 4.52 Å². The van der Waals surface area contributed by atoms with Gasteiger partial charge in [0.05, 0.1) is 6.04 Å². The van der Waals surface area contributed by atoms with E-state index in [-0.39, 0.29) is 0 Å². The number of benzene rings is 1. The average Bonchev–Trinajstić information content (AvgIpc) is 3.11. The molecule has 0 amide bonds. The van der Waals surface area contributed by atoms with Crippen LogP contribution in [0.1, 0.15) is 82.1 Å². The summed E-state index contributed by atoms with van der Waals surface area (Å²) < 4.78 is 5.49. The Bertz CT molecular complexity index is 623. The van der Waals surface area contributed by atoms with Crippen LogP contribution in [-0.2, 0) is 6.54 Å². The maximum Gasteiger partial charge on any atom is 0.282 e. The Hall–Kier alpha value is -1.68. The van der Waals surface area contributed by atoms with E-state index in [0.717, 1.165) is 18.0 Å². The van der Waals surface area contributed by atoms with Gasteiger partial charge in [-0.1, -0.05) is 79.9 Å². The number of hydrogen-bond donors (Lipinski definition) is 1. The molecule has 1 aliphatic rings. The van der Waals surface area contributed by atoms with Crippen LogP contribution in [0, 0.1) is 6.92 Å². The Kier molecular flexibility index (Phi) is 7.68. The fraction of sp³-hybridized carbons (Fsp3) is 0.636. The van der Waals surface area contributed by atoms with Gasteiger partial charge in [0, 0.05) is 5.56 Å². The molecule has 26 heavy (non-hydrogen) atoms. The van der Waals surface area contributed by atoms with Crippen molar-refractivity contribution in [3.8, 4) is 11.4 Å². The lowest BCUT2D eigenvalue weighted by molar-refractivity contribution is -0.707. The van der Waals surface area contributed by atoms with Gasteiger partial charge in [0.1, 0.15) is 0 Å². The molecule has 2 N–H and O–H groups in total. The van der Waals surface area contributed by atoms with Crippen LogP contribution in [-0.4, -0.2) is 16.2 Å². The predicted octanol–water partition coefficient (Wildman–Crippen LogP) is 4.78. The number of quaternary nitrogens is 1. The first-order valence-electron chi connectivity index (χ1n) is 10.5. The summed E-state index contributed by atoms with van der Waals surface area (Å²) in [5, 5.41) is 6.59. The van der Waals surface area contributed by atoms with Crippen molar-refractivity contribution in [2.75, 3.05) is 0 Å². The van der Waals surface area contributed by atoms with Gasteiger partial charge in [0.2, 0.25) is 5.82 Å². The van der Waals surface area contributed by atoms with Crippen LogP contribution in [0.25, 0.3) is 11.4 Å². The molecule has 0 aliphatic heterocycles. The van der Waals surface area contributed by atoms with Crippen molar-refractivity contribution in [1.82, 2.24) is 10.1 Å². The fourth-order valence-electron chi connectivity index (χ4n) is 3.86. The summed E-state index contributed by atoms with van der Waals surface area (Å²) in [4.78, 5) is 4.59. The maximum atomic E-state index is 5.49. The first kappa shape index (κ1) is 19.1. The molecule has 1 heterocycles. The SMILES string of the molecule is Cc1ccc(-c2noc(C[NH2+]C3CCCCCCCCCCC3)n2)cc1. The van der Waals surface area contributed by atoms with Gasteiger partial charge in [-0.05, 0) is 32.6 Å². The molecule has 3 rings (SSSR count). The fourth-order valence-corrected chi connectivity index (χ4v) is 3.86. The van der Waals surface area contributed by atoms with Gasteiger partial charge in [-0.3, -0.25) is 0 Å². The summed E-state index contributed by atoms with van der Waals surface area (Å²) in [5.74, 6) is 1.44. The van der Waals surface area contributed by atoms with E-state index >= 15 is 0 Å². The number of aryl methyl sites for hydroxylation is 1. The van der Waals surface area contributed by atoms with Gasteiger partial charge >= 0.3 is 0 Å². The summed E-state index contributed by atoms with van der Waals surface area (Å²) in [6, 6.07) is 8.98. The van der Waals surface area contributed by atoms with E-state index < -0.39 is 0 Å². The molecular weight excluding hydrogens is 322 g/mol. The molecule has 1 fully saturated rings. The van der Waals surface area contributed by atoms with E-state index in [1.165, 1.54) is 76.2 Å². The summed E-state index contributed by atoms with van der Waals surface area (Å²) >= 11 is 0. The van der Waals surface area contributed by atoms with Crippen molar-refractivity contribution in [1.29, 1.82) is 0 Å². The van der Waals surface area contributed by atoms with Gasteiger partial charge in [0.25, 0.3) is 5.89 Å². The topological polar surface area (TPSA) is 55.5 Å². The lowest BCUT2D eigenvalue weighted by Crippen LogP contribution is -2.88. The monoisotopic (exact) mass is 356 g/mol. The number of nitrogens with two attached hydrogens (primary N) is 1. The first-order chi connectivity index (χ1) is 12.8. The van der Waals surface area contributed by atoms with Gasteiger partial charge in [-0.15, -0.1) is 0 Å². The van der Waals surface area contributed by atoms with Crippen molar-refractivity contribution in [2.24, 2.45) is 0 Å². The molecule has 4 heteroatoms. The minimum Gasteiger partial charge on any atom is -0.336 e. The highest BCUT2D eigenvalue weighted by atomic mass is 16.5. The van der Waals surface area contributed by atoms with Gasteiger partial charge in [-0.25, -0.2) is 0 Å². The molecule has 0 unspecified atom stereocenters. The molecule has 142 valence electrons. The third-order valence-electron chi connectivity index (χ3n) is 5.55. The molecule has 1 aromatic heterocycles. The standard InChI is InChI=1S/C22H33N3O/c1-18-13-15-19(16-14-18)22-24-21(26-25-22)17-23-20-11-9-7-5-3-2-4-6-8-10-12-20/h13-16,20,23H,2-12,17H2,1H3/p+1. The highest BCUT2D eigenvalue weighted by molar-refractivity contribution is 5.54. The van der Waals surface area contributed by atoms with Crippen molar-refractivity contribution >= 4 is 0 Å². The third kappa shape index (κ3) is 6.24. The molecule has 2 aromatic rings. The Balaban J connectivity index is 1.50. The lowest BCUT2D eigenvalue weighted by atomic mass is 9.98. The summed E-state index contributed by atoms with van der Waals surface area (Å²) in [7, 11) is 0. The van der Waals surface area contributed by atoms with Gasteiger partial charge in [-0.2, -0.15) is 4.98 Å². The smallest absolute Gasteiger partial charge is 0.282 e. The highest BCUT2D eigenvalue weighted by Gasteiger charge is 2.15. The summed E-state index contributed by atoms with van der Waals surface area (Å²) in [6.45, 7) is 2.88. The molecule has 0 atom stereocenters. The van der Waals surface area contributed by atoms with Crippen LogP contribution in [0.15, 0.2) is 28.8 Å². The molecule has 0 bridgehead atoms. The summed E-state index contributed by atoms with van der Waals surface area (Å²) in [6.07, 6.45) is 15.3. The number of rotatable bonds is 4. The number of hydrogen-bond acceptors (Lipinski definition) is 3. The zero-order valence-electron chi connectivity index (χ0n) is 16.3. The quantitative estimate of drug-likeness (QED) is 0.857. The van der Waals surface area contributed by atoms with Gasteiger partial charge in [0.15, 0.2) is 6.54 Å². The molecule has 0 saturated heterocycles. The van der Waals surface area contributed by atoms with E-state index in [9.17, 15) is 0 Å². The Morgan fingerprint density at radius 3 is 2.08 bits per heavy atom. The van der Waals surface area contributed by atoms with Crippen LogP contribution in [0.5, 0.6) is 0 Å². The minimum absolute atomic E-state index is 0.698. The molecule has 0 radical (unpaired) electrons. The van der Waals surface area contributed by atoms with Crippen molar-refractivity contribution < 1.29 is 9.84 Å². The zero-order valence-corrected chi connectivity index (χ0v) is 16.3. The minimum atomic E-state index is 0.698. The largest absolute Gasteiger partial charge is 0.336 e. The second-order valence-electron chi connectivity index (χ2n) is 7.84. The number of nitrogens with zero attached hydrogens (tertiary/aromatic N) is 2. The molecular formula is C22H34N3O+. The Labute approximate surface area is 157 Å². The lowest BCUT2D eigenvalue weighted by Gasteiger charge is -2.15. The molecule has 4 nitrogen and oxygen atoms in total. The predicted molar refractivity (Wildman–Crippen MR) is 105 cm³/mol. The van der Waals surface area contributed by atoms with Crippen molar-refractivity contribution in [2.45, 2.75) is 90.1 Å². The normalized spacial score (nSPS) is 18.2. The Morgan fingerprint density at radius 2 is 1.46 bits per heavy atom. The van der Waals surface area contributed by atoms with Crippen molar-refractivity contribution in [3.63, 3.8) is 0 Å². The zero-order chi connectivity index (χ0) is 18.0. The first-order valence-corrected chi connectivity index (χ1v) is 10.5. The molecule has 0 spiro atoms. The van der Waals surface area contributed by atoms with Crippen LogP contribution in [0.3, 0.4) is 0 Å². The van der Waals surface area contributed by atoms with Crippen LogP contribution < -0.4 is 5.32 Å². The maximum absolute atomic E-state index is 5.49. The van der Waals surface area contributed by atoms with Gasteiger partial charge < -0.3 is 9.84 Å². The molecule has 1 saturated carbocycles. The van der Waals surface area contributed by atoms with E-state index in [1.54, 1.807) is 0 Å². The second-order valence-corrected chi connectivity index (χ2v) is 7.84. The average molecular weight is 357 g/mol. The van der Waals surface area contributed by atoms with E-state index in [2.05, 4.69) is 46.6 Å². The molecule has 1 aliphatic carbocycles. The van der Waals surface area contributed by atoms with E-state index in [1.807, 2.05) is 0 Å². The summed E-state index contributed by atoms with van der Waals surface area (Å²) in [5.41, 5.74) is 2.27. The second kappa shape index (κ2) is 10.5. The highest BCUT2D eigenvalue weighted by Crippen LogP contribution is 2.17. The molecule has 1 aromatic carbocycles. The van der Waals surface area contributed by atoms with Crippen LogP contribution in [0.2, 0.25) is 0 Å². The van der Waals surface area contributed by atoms with E-state index in [0.29, 0.717) is 11.9 Å². The van der Waals surface area contributed by atoms with Crippen LogP contribution in [0.4, 0.5) is 0 Å². The Morgan fingerprint density at radius 1 is 0.885 bits per heavy atom. The number of aromatic nitrogens is 2.